The average Bonchev–Trinajstić information content (AvgIpc) is 3.36. The standard InChI is InChI=1S/C25H22ClF2N3OS/c1-14-7-6-10-17(26)22(14)29-24-23(21-18(27)11-16(32-2)12-19(21)28)30-25-31(24)20(13-33-25)15-8-4-3-5-9-15/h3-4,6-8,10-11,13,16,29H,5,9,12H2,1-2H3. The number of fused-ring (bicyclic) bond motifs is 1. The average molecular weight is 486 g/mol. The lowest BCUT2D eigenvalue weighted by atomic mass is 9.99. The number of methoxy groups -OCH3 is 1. The fraction of sp³-hybridized carbons (Fsp3) is 0.240. The molecule has 3 aromatic rings. The van der Waals surface area contributed by atoms with Crippen molar-refractivity contribution in [1.82, 2.24) is 9.38 Å². The lowest BCUT2D eigenvalue weighted by Crippen LogP contribution is -2.14. The number of ether oxygens (including phenoxy) is 1. The van der Waals surface area contributed by atoms with Crippen LogP contribution in [-0.2, 0) is 4.74 Å². The number of para-hydroxylation sites is 1. The summed E-state index contributed by atoms with van der Waals surface area (Å²) in [5, 5.41) is 5.91. The fourth-order valence-corrected chi connectivity index (χ4v) is 5.39. The van der Waals surface area contributed by atoms with Crippen molar-refractivity contribution < 1.29 is 13.5 Å². The molecular formula is C25H22ClF2N3OS. The molecule has 2 aromatic heterocycles. The number of hydrogen-bond donors (Lipinski definition) is 1. The van der Waals surface area contributed by atoms with Gasteiger partial charge in [0.2, 0.25) is 0 Å². The molecule has 0 fully saturated rings. The maximum Gasteiger partial charge on any atom is 0.196 e. The third kappa shape index (κ3) is 3.94. The minimum absolute atomic E-state index is 0.0439. The summed E-state index contributed by atoms with van der Waals surface area (Å²) in [6.07, 6.45) is 8.64. The van der Waals surface area contributed by atoms with Gasteiger partial charge in [0, 0.05) is 18.9 Å². The quantitative estimate of drug-likeness (QED) is 0.401. The summed E-state index contributed by atoms with van der Waals surface area (Å²) in [5.41, 5.74) is 3.74. The van der Waals surface area contributed by atoms with Crippen LogP contribution < -0.4 is 5.32 Å². The molecule has 0 bridgehead atoms. The lowest BCUT2D eigenvalue weighted by Gasteiger charge is -2.19. The monoisotopic (exact) mass is 485 g/mol. The van der Waals surface area contributed by atoms with Gasteiger partial charge in [-0.25, -0.2) is 13.8 Å². The highest BCUT2D eigenvalue weighted by Gasteiger charge is 2.30. The number of imidazole rings is 1. The SMILES string of the molecule is COC1C=C(F)C(c2nc3scc(C4=CC=CCC4)n3c2Nc2c(C)cccc2Cl)=C(F)C1. The molecule has 4 nitrogen and oxygen atoms in total. The second kappa shape index (κ2) is 8.89. The van der Waals surface area contributed by atoms with E-state index < -0.39 is 17.8 Å². The molecule has 33 heavy (non-hydrogen) atoms. The number of anilines is 2. The molecule has 8 heteroatoms. The van der Waals surface area contributed by atoms with Gasteiger partial charge in [0.1, 0.15) is 23.2 Å². The second-order valence-electron chi connectivity index (χ2n) is 8.04. The van der Waals surface area contributed by atoms with E-state index in [0.29, 0.717) is 21.5 Å². The first kappa shape index (κ1) is 22.1. The fourth-order valence-electron chi connectivity index (χ4n) is 4.20. The van der Waals surface area contributed by atoms with Crippen molar-refractivity contribution >= 4 is 50.6 Å². The van der Waals surface area contributed by atoms with Crippen LogP contribution in [0.4, 0.5) is 20.3 Å². The minimum atomic E-state index is -0.684. The Morgan fingerprint density at radius 1 is 1.30 bits per heavy atom. The van der Waals surface area contributed by atoms with Crippen molar-refractivity contribution in [2.45, 2.75) is 32.3 Å². The van der Waals surface area contributed by atoms with Crippen LogP contribution in [0, 0.1) is 6.92 Å². The molecule has 5 rings (SSSR count). The predicted molar refractivity (Wildman–Crippen MR) is 132 cm³/mol. The number of nitrogens with zero attached hydrogens (tertiary/aromatic N) is 2. The van der Waals surface area contributed by atoms with E-state index in [1.54, 1.807) is 6.07 Å². The Morgan fingerprint density at radius 2 is 2.15 bits per heavy atom. The van der Waals surface area contributed by atoms with Crippen molar-refractivity contribution in [3.63, 3.8) is 0 Å². The van der Waals surface area contributed by atoms with E-state index in [-0.39, 0.29) is 17.7 Å². The number of nitrogens with one attached hydrogen (secondary N) is 1. The molecule has 170 valence electrons. The Labute approximate surface area is 199 Å². The molecule has 0 aliphatic heterocycles. The maximum atomic E-state index is 15.2. The molecule has 1 aromatic carbocycles. The number of allylic oxidation sites excluding steroid dienone is 6. The number of thiazole rings is 1. The van der Waals surface area contributed by atoms with E-state index in [0.717, 1.165) is 29.7 Å². The number of aryl methyl sites for hydroxylation is 1. The van der Waals surface area contributed by atoms with Crippen LogP contribution in [0.5, 0.6) is 0 Å². The zero-order chi connectivity index (χ0) is 23.1. The third-order valence-corrected chi connectivity index (χ3v) is 7.07. The molecule has 2 heterocycles. The van der Waals surface area contributed by atoms with Gasteiger partial charge < -0.3 is 10.1 Å². The first-order valence-corrected chi connectivity index (χ1v) is 11.9. The van der Waals surface area contributed by atoms with Gasteiger partial charge in [-0.05, 0) is 43.0 Å². The molecule has 0 radical (unpaired) electrons. The van der Waals surface area contributed by atoms with E-state index in [4.69, 9.17) is 16.3 Å². The summed E-state index contributed by atoms with van der Waals surface area (Å²) >= 11 is 7.93. The van der Waals surface area contributed by atoms with Crippen LogP contribution in [0.2, 0.25) is 5.02 Å². The molecule has 2 aliphatic rings. The van der Waals surface area contributed by atoms with Crippen LogP contribution in [0.25, 0.3) is 16.1 Å². The van der Waals surface area contributed by atoms with Crippen molar-refractivity contribution in [1.29, 1.82) is 0 Å². The largest absolute Gasteiger partial charge is 0.377 e. The van der Waals surface area contributed by atoms with E-state index in [1.807, 2.05) is 34.9 Å². The third-order valence-electron chi connectivity index (χ3n) is 5.93. The summed E-state index contributed by atoms with van der Waals surface area (Å²) in [6, 6.07) is 5.57. The molecule has 0 amide bonds. The van der Waals surface area contributed by atoms with Crippen LogP contribution >= 0.6 is 22.9 Å². The van der Waals surface area contributed by atoms with Crippen molar-refractivity contribution in [2.75, 3.05) is 12.4 Å². The van der Waals surface area contributed by atoms with Gasteiger partial charge >= 0.3 is 0 Å². The van der Waals surface area contributed by atoms with Crippen molar-refractivity contribution in [3.05, 3.63) is 81.5 Å². The molecule has 1 N–H and O–H groups in total. The molecule has 0 saturated carbocycles. The Bertz CT molecular complexity index is 1350. The van der Waals surface area contributed by atoms with E-state index in [2.05, 4.69) is 22.5 Å². The number of rotatable bonds is 5. The number of hydrogen-bond acceptors (Lipinski definition) is 4. The molecule has 1 unspecified atom stereocenters. The van der Waals surface area contributed by atoms with E-state index in [9.17, 15) is 0 Å². The topological polar surface area (TPSA) is 38.6 Å². The number of halogens is 3. The van der Waals surface area contributed by atoms with Crippen molar-refractivity contribution in [3.8, 4) is 0 Å². The molecular weight excluding hydrogens is 464 g/mol. The number of benzene rings is 1. The normalized spacial score (nSPS) is 18.6. The zero-order valence-corrected chi connectivity index (χ0v) is 19.7. The highest BCUT2D eigenvalue weighted by Crippen LogP contribution is 2.43. The smallest absolute Gasteiger partial charge is 0.196 e. The van der Waals surface area contributed by atoms with E-state index >= 15 is 8.78 Å². The molecule has 0 spiro atoms. The van der Waals surface area contributed by atoms with Gasteiger partial charge in [0.15, 0.2) is 4.96 Å². The summed E-state index contributed by atoms with van der Waals surface area (Å²) in [7, 11) is 1.44. The van der Waals surface area contributed by atoms with Gasteiger partial charge in [0.05, 0.1) is 28.1 Å². The highest BCUT2D eigenvalue weighted by atomic mass is 35.5. The van der Waals surface area contributed by atoms with Gasteiger partial charge in [-0.2, -0.15) is 0 Å². The van der Waals surface area contributed by atoms with E-state index in [1.165, 1.54) is 24.5 Å². The maximum absolute atomic E-state index is 15.2. The van der Waals surface area contributed by atoms with Crippen molar-refractivity contribution in [2.24, 2.45) is 0 Å². The van der Waals surface area contributed by atoms with Gasteiger partial charge in [0.25, 0.3) is 0 Å². The molecule has 0 saturated heterocycles. The summed E-state index contributed by atoms with van der Waals surface area (Å²) in [6.45, 7) is 1.93. The molecule has 1 atom stereocenters. The molecule has 2 aliphatic carbocycles. The van der Waals surface area contributed by atoms with Crippen LogP contribution in [0.3, 0.4) is 0 Å². The number of aromatic nitrogens is 2. The zero-order valence-electron chi connectivity index (χ0n) is 18.2. The van der Waals surface area contributed by atoms with Gasteiger partial charge in [-0.3, -0.25) is 4.40 Å². The first-order chi connectivity index (χ1) is 16.0. The first-order valence-electron chi connectivity index (χ1n) is 10.7. The Hall–Kier alpha value is -2.74. The summed E-state index contributed by atoms with van der Waals surface area (Å²) in [5.74, 6) is -0.790. The second-order valence-corrected chi connectivity index (χ2v) is 9.28. The Morgan fingerprint density at radius 3 is 2.85 bits per heavy atom. The minimum Gasteiger partial charge on any atom is -0.377 e. The van der Waals surface area contributed by atoms with Crippen LogP contribution in [0.1, 0.15) is 36.2 Å². The Balaban J connectivity index is 1.74. The van der Waals surface area contributed by atoms with Gasteiger partial charge in [-0.1, -0.05) is 42.0 Å². The summed E-state index contributed by atoms with van der Waals surface area (Å²) in [4.78, 5) is 5.31. The summed E-state index contributed by atoms with van der Waals surface area (Å²) < 4.78 is 37.4. The van der Waals surface area contributed by atoms with Crippen LogP contribution in [-0.4, -0.2) is 22.6 Å². The van der Waals surface area contributed by atoms with Crippen LogP contribution in [0.15, 0.2) is 59.5 Å². The Kier molecular flexibility index (Phi) is 5.95. The highest BCUT2D eigenvalue weighted by molar-refractivity contribution is 7.15. The lowest BCUT2D eigenvalue weighted by molar-refractivity contribution is 0.133. The predicted octanol–water partition coefficient (Wildman–Crippen LogP) is 7.79. The van der Waals surface area contributed by atoms with Gasteiger partial charge in [-0.15, -0.1) is 11.3 Å².